The predicted octanol–water partition coefficient (Wildman–Crippen LogP) is 1.84. The molecule has 0 atom stereocenters. The third-order valence-electron chi connectivity index (χ3n) is 3.39. The molecular formula is C14H15N3O5S. The summed E-state index contributed by atoms with van der Waals surface area (Å²) in [5, 5.41) is 15.8. The van der Waals surface area contributed by atoms with E-state index in [1.165, 1.54) is 30.2 Å². The first-order chi connectivity index (χ1) is 10.8. The van der Waals surface area contributed by atoms with E-state index in [4.69, 9.17) is 9.84 Å². The summed E-state index contributed by atoms with van der Waals surface area (Å²) in [6.45, 7) is 3.56. The van der Waals surface area contributed by atoms with Crippen LogP contribution in [-0.2, 0) is 11.8 Å². The number of nitrogens with zero attached hydrogens (tertiary/aromatic N) is 2. The smallest absolute Gasteiger partial charge is 0.341 e. The van der Waals surface area contributed by atoms with Crippen molar-refractivity contribution < 1.29 is 24.2 Å². The second-order valence-corrected chi connectivity index (χ2v) is 5.99. The first-order valence-corrected chi connectivity index (χ1v) is 7.34. The van der Waals surface area contributed by atoms with Gasteiger partial charge in [-0.2, -0.15) is 5.10 Å². The van der Waals surface area contributed by atoms with E-state index in [1.54, 1.807) is 6.92 Å². The summed E-state index contributed by atoms with van der Waals surface area (Å²) >= 11 is 1.22. The van der Waals surface area contributed by atoms with Crippen LogP contribution in [0.2, 0.25) is 0 Å². The molecule has 0 aliphatic rings. The van der Waals surface area contributed by atoms with E-state index < -0.39 is 17.8 Å². The van der Waals surface area contributed by atoms with Crippen LogP contribution in [0.1, 0.15) is 41.6 Å². The van der Waals surface area contributed by atoms with Crippen molar-refractivity contribution in [1.82, 2.24) is 9.78 Å². The topological polar surface area (TPSA) is 111 Å². The van der Waals surface area contributed by atoms with Crippen LogP contribution in [0.3, 0.4) is 0 Å². The Kier molecular flexibility index (Phi) is 4.50. The van der Waals surface area contributed by atoms with E-state index in [9.17, 15) is 14.4 Å². The number of carboxylic acid groups (broad SMARTS) is 1. The van der Waals surface area contributed by atoms with Gasteiger partial charge in [0.2, 0.25) is 0 Å². The van der Waals surface area contributed by atoms with Gasteiger partial charge in [-0.3, -0.25) is 9.48 Å². The number of rotatable bonds is 4. The van der Waals surface area contributed by atoms with E-state index in [-0.39, 0.29) is 16.8 Å². The zero-order valence-electron chi connectivity index (χ0n) is 13.0. The highest BCUT2D eigenvalue weighted by Crippen LogP contribution is 2.33. The molecule has 0 fully saturated rings. The number of nitrogens with one attached hydrogen (secondary N) is 1. The summed E-state index contributed by atoms with van der Waals surface area (Å²) < 4.78 is 5.90. The van der Waals surface area contributed by atoms with E-state index >= 15 is 0 Å². The average molecular weight is 337 g/mol. The van der Waals surface area contributed by atoms with Crippen LogP contribution in [0.25, 0.3) is 0 Å². The molecule has 1 amide bonds. The van der Waals surface area contributed by atoms with E-state index in [1.807, 2.05) is 6.92 Å². The Bertz CT molecular complexity index is 806. The van der Waals surface area contributed by atoms with Crippen molar-refractivity contribution in [3.63, 3.8) is 0 Å². The number of carbonyl (C=O) groups excluding carboxylic acids is 2. The molecule has 2 aromatic heterocycles. The van der Waals surface area contributed by atoms with Crippen LogP contribution in [0.15, 0.2) is 6.20 Å². The van der Waals surface area contributed by atoms with Crippen molar-refractivity contribution >= 4 is 34.2 Å². The predicted molar refractivity (Wildman–Crippen MR) is 83.3 cm³/mol. The molecule has 0 spiro atoms. The molecule has 2 heterocycles. The number of hydrogen-bond donors (Lipinski definition) is 2. The Morgan fingerprint density at radius 3 is 2.57 bits per heavy atom. The number of hydrogen-bond acceptors (Lipinski definition) is 6. The summed E-state index contributed by atoms with van der Waals surface area (Å²) in [5.41, 5.74) is 0.662. The van der Waals surface area contributed by atoms with Gasteiger partial charge >= 0.3 is 11.9 Å². The van der Waals surface area contributed by atoms with Gasteiger partial charge in [0.25, 0.3) is 5.91 Å². The standard InChI is InChI=1S/C14H15N3O5S/c1-6-7(2)23-12(9(6)14(21)22-4)16-11(18)10-8(13(19)20)5-15-17(10)3/h5H,1-4H3,(H,16,18)(H,19,20). The first kappa shape index (κ1) is 16.7. The molecule has 0 bridgehead atoms. The summed E-state index contributed by atoms with van der Waals surface area (Å²) in [4.78, 5) is 36.3. The summed E-state index contributed by atoms with van der Waals surface area (Å²) in [7, 11) is 2.72. The van der Waals surface area contributed by atoms with Gasteiger partial charge in [0.15, 0.2) is 0 Å². The van der Waals surface area contributed by atoms with Gasteiger partial charge < -0.3 is 15.2 Å². The fourth-order valence-electron chi connectivity index (χ4n) is 2.09. The Labute approximate surface area is 135 Å². The summed E-state index contributed by atoms with van der Waals surface area (Å²) in [5.74, 6) is -2.48. The van der Waals surface area contributed by atoms with Crippen LogP contribution in [-0.4, -0.2) is 39.8 Å². The SMILES string of the molecule is COC(=O)c1c(NC(=O)c2c(C(=O)O)cnn2C)sc(C)c1C. The van der Waals surface area contributed by atoms with Crippen LogP contribution in [0.4, 0.5) is 5.00 Å². The maximum absolute atomic E-state index is 12.4. The minimum Gasteiger partial charge on any atom is -0.478 e. The lowest BCUT2D eigenvalue weighted by Gasteiger charge is -2.07. The van der Waals surface area contributed by atoms with Gasteiger partial charge in [-0.1, -0.05) is 0 Å². The summed E-state index contributed by atoms with van der Waals surface area (Å²) in [6, 6.07) is 0. The molecule has 0 saturated heterocycles. The monoisotopic (exact) mass is 337 g/mol. The van der Waals surface area contributed by atoms with Gasteiger partial charge in [-0.25, -0.2) is 9.59 Å². The number of amides is 1. The summed E-state index contributed by atoms with van der Waals surface area (Å²) in [6.07, 6.45) is 1.10. The molecule has 2 aromatic rings. The minimum absolute atomic E-state index is 0.1000. The Balaban J connectivity index is 2.43. The largest absolute Gasteiger partial charge is 0.478 e. The minimum atomic E-state index is -1.25. The number of carboxylic acids is 1. The quantitative estimate of drug-likeness (QED) is 0.824. The molecule has 0 aliphatic heterocycles. The maximum Gasteiger partial charge on any atom is 0.341 e. The molecular weight excluding hydrogens is 322 g/mol. The lowest BCUT2D eigenvalue weighted by atomic mass is 10.1. The Hall–Kier alpha value is -2.68. The molecule has 0 aromatic carbocycles. The van der Waals surface area contributed by atoms with E-state index in [2.05, 4.69) is 10.4 Å². The second kappa shape index (κ2) is 6.21. The number of methoxy groups -OCH3 is 1. The number of thiophene rings is 1. The second-order valence-electron chi connectivity index (χ2n) is 4.77. The first-order valence-electron chi connectivity index (χ1n) is 6.52. The highest BCUT2D eigenvalue weighted by Gasteiger charge is 2.26. The average Bonchev–Trinajstić information content (AvgIpc) is 3.00. The van der Waals surface area contributed by atoms with Crippen molar-refractivity contribution in [1.29, 1.82) is 0 Å². The van der Waals surface area contributed by atoms with Crippen molar-refractivity contribution in [2.75, 3.05) is 12.4 Å². The Morgan fingerprint density at radius 2 is 2.00 bits per heavy atom. The van der Waals surface area contributed by atoms with Crippen molar-refractivity contribution in [3.05, 3.63) is 33.5 Å². The normalized spacial score (nSPS) is 10.4. The van der Waals surface area contributed by atoms with Crippen LogP contribution in [0.5, 0.6) is 0 Å². The Morgan fingerprint density at radius 1 is 1.35 bits per heavy atom. The third-order valence-corrected chi connectivity index (χ3v) is 4.51. The molecule has 0 radical (unpaired) electrons. The number of aromatic nitrogens is 2. The molecule has 0 aliphatic carbocycles. The molecule has 23 heavy (non-hydrogen) atoms. The van der Waals surface area contributed by atoms with Crippen LogP contribution >= 0.6 is 11.3 Å². The van der Waals surface area contributed by atoms with Gasteiger partial charge in [0.05, 0.1) is 18.9 Å². The van der Waals surface area contributed by atoms with Crippen molar-refractivity contribution in [3.8, 4) is 0 Å². The molecule has 0 unspecified atom stereocenters. The van der Waals surface area contributed by atoms with E-state index in [0.29, 0.717) is 10.6 Å². The van der Waals surface area contributed by atoms with Gasteiger partial charge in [-0.05, 0) is 19.4 Å². The van der Waals surface area contributed by atoms with Gasteiger partial charge in [0.1, 0.15) is 16.3 Å². The molecule has 8 nitrogen and oxygen atoms in total. The van der Waals surface area contributed by atoms with Crippen LogP contribution < -0.4 is 5.32 Å². The highest BCUT2D eigenvalue weighted by atomic mass is 32.1. The zero-order valence-corrected chi connectivity index (χ0v) is 13.8. The lowest BCUT2D eigenvalue weighted by molar-refractivity contribution is 0.0600. The maximum atomic E-state index is 12.4. The number of carbonyl (C=O) groups is 3. The van der Waals surface area contributed by atoms with Crippen LogP contribution in [0, 0.1) is 13.8 Å². The van der Waals surface area contributed by atoms with Gasteiger partial charge in [-0.15, -0.1) is 11.3 Å². The number of aromatic carboxylic acids is 1. The molecule has 9 heteroatoms. The molecule has 2 rings (SSSR count). The fraction of sp³-hybridized carbons (Fsp3) is 0.286. The number of ether oxygens (including phenoxy) is 1. The lowest BCUT2D eigenvalue weighted by Crippen LogP contribution is -2.20. The number of esters is 1. The molecule has 122 valence electrons. The van der Waals surface area contributed by atoms with Gasteiger partial charge in [0, 0.05) is 11.9 Å². The highest BCUT2D eigenvalue weighted by molar-refractivity contribution is 7.16. The number of anilines is 1. The third kappa shape index (κ3) is 2.95. The van der Waals surface area contributed by atoms with Crippen molar-refractivity contribution in [2.24, 2.45) is 7.05 Å². The zero-order chi connectivity index (χ0) is 17.3. The molecule has 0 saturated carbocycles. The van der Waals surface area contributed by atoms with E-state index in [0.717, 1.165) is 11.1 Å². The molecule has 2 N–H and O–H groups in total. The number of aryl methyl sites for hydroxylation is 2. The fourth-order valence-corrected chi connectivity index (χ4v) is 3.13. The van der Waals surface area contributed by atoms with Crippen molar-refractivity contribution in [2.45, 2.75) is 13.8 Å².